The number of benzene rings is 1. The van der Waals surface area contributed by atoms with Gasteiger partial charge in [-0.3, -0.25) is 0 Å². The third kappa shape index (κ3) is 1.14. The van der Waals surface area contributed by atoms with Crippen LogP contribution >= 0.6 is 0 Å². The molecule has 4 aliphatic rings. The summed E-state index contributed by atoms with van der Waals surface area (Å²) >= 11 is 0. The van der Waals surface area contributed by atoms with Crippen LogP contribution in [0.3, 0.4) is 0 Å². The van der Waals surface area contributed by atoms with Gasteiger partial charge in [-0.2, -0.15) is 0 Å². The molecule has 4 nitrogen and oxygen atoms in total. The largest absolute Gasteiger partial charge is 0.509 e. The number of aliphatic hydroxyl groups excluding tert-OH is 1. The summed E-state index contributed by atoms with van der Waals surface area (Å²) in [5.41, 5.74) is 2.19. The number of nitrogens with zero attached hydrogens (tertiary/aromatic N) is 1. The Bertz CT molecular complexity index is 727. The van der Waals surface area contributed by atoms with E-state index < -0.39 is 17.1 Å². The number of aliphatic hydroxyl groups is 2. The van der Waals surface area contributed by atoms with E-state index >= 15 is 0 Å². The Morgan fingerprint density at radius 1 is 1.36 bits per heavy atom. The van der Waals surface area contributed by atoms with Gasteiger partial charge >= 0.3 is 0 Å². The first-order valence-corrected chi connectivity index (χ1v) is 8.10. The minimum absolute atomic E-state index is 0.0813. The zero-order valence-corrected chi connectivity index (χ0v) is 13.0. The van der Waals surface area contributed by atoms with Crippen molar-refractivity contribution in [2.24, 2.45) is 0 Å². The summed E-state index contributed by atoms with van der Waals surface area (Å²) in [6, 6.07) is 4.36. The second-order valence-corrected chi connectivity index (χ2v) is 7.42. The number of rotatable bonds is 0. The van der Waals surface area contributed by atoms with Crippen molar-refractivity contribution in [1.82, 2.24) is 4.90 Å². The van der Waals surface area contributed by atoms with Gasteiger partial charge in [0.25, 0.3) is 0 Å². The number of hydrogen-bond donors (Lipinski definition) is 2. The highest BCUT2D eigenvalue weighted by Gasteiger charge is 2.71. The van der Waals surface area contributed by atoms with E-state index in [9.17, 15) is 10.2 Å². The molecule has 2 aliphatic heterocycles. The van der Waals surface area contributed by atoms with Crippen LogP contribution in [0.5, 0.6) is 5.75 Å². The molecule has 1 fully saturated rings. The monoisotopic (exact) mass is 299 g/mol. The topological polar surface area (TPSA) is 52.9 Å². The van der Waals surface area contributed by atoms with Crippen LogP contribution in [-0.4, -0.2) is 46.5 Å². The van der Waals surface area contributed by atoms with Crippen LogP contribution in [0.25, 0.3) is 0 Å². The Labute approximate surface area is 130 Å². The number of ether oxygens (including phenoxy) is 1. The summed E-state index contributed by atoms with van der Waals surface area (Å²) in [6.45, 7) is 2.97. The molecule has 0 amide bonds. The summed E-state index contributed by atoms with van der Waals surface area (Å²) in [5.74, 6) is 1.18. The highest BCUT2D eigenvalue weighted by Crippen LogP contribution is 2.63. The Balaban J connectivity index is 1.89. The first-order chi connectivity index (χ1) is 10.5. The van der Waals surface area contributed by atoms with E-state index in [1.165, 1.54) is 11.1 Å². The smallest absolute Gasteiger partial charge is 0.167 e. The third-order valence-corrected chi connectivity index (χ3v) is 6.59. The Kier molecular flexibility index (Phi) is 2.17. The van der Waals surface area contributed by atoms with Gasteiger partial charge in [0.2, 0.25) is 0 Å². The van der Waals surface area contributed by atoms with Gasteiger partial charge in [0.1, 0.15) is 11.5 Å². The van der Waals surface area contributed by atoms with Crippen LogP contribution in [-0.2, 0) is 11.8 Å². The first kappa shape index (κ1) is 13.0. The molecule has 22 heavy (non-hydrogen) atoms. The zero-order valence-electron chi connectivity index (χ0n) is 13.0. The van der Waals surface area contributed by atoms with E-state index in [1.54, 1.807) is 6.08 Å². The molecule has 5 rings (SSSR count). The van der Waals surface area contributed by atoms with E-state index in [0.717, 1.165) is 30.7 Å². The molecule has 2 bridgehead atoms. The average molecular weight is 299 g/mol. The molecule has 0 unspecified atom stereocenters. The fourth-order valence-corrected chi connectivity index (χ4v) is 5.51. The minimum Gasteiger partial charge on any atom is -0.509 e. The molecule has 1 aromatic carbocycles. The summed E-state index contributed by atoms with van der Waals surface area (Å²) in [7, 11) is 2.10. The van der Waals surface area contributed by atoms with E-state index in [-0.39, 0.29) is 11.8 Å². The molecule has 0 saturated carbocycles. The van der Waals surface area contributed by atoms with Crippen LogP contribution < -0.4 is 4.74 Å². The van der Waals surface area contributed by atoms with Gasteiger partial charge in [-0.1, -0.05) is 12.1 Å². The zero-order chi connectivity index (χ0) is 15.3. The van der Waals surface area contributed by atoms with Crippen molar-refractivity contribution in [3.8, 4) is 5.75 Å². The SMILES string of the molecule is Cc1ccc2c3c1O[C@H]1C(O)=CC[C@@]4(O)[C@@H](C2)N(C)CC[C@]314. The predicted molar refractivity (Wildman–Crippen MR) is 82.3 cm³/mol. The van der Waals surface area contributed by atoms with Crippen LogP contribution in [0, 0.1) is 6.92 Å². The molecular weight excluding hydrogens is 278 g/mol. The lowest BCUT2D eigenvalue weighted by atomic mass is 9.50. The number of likely N-dealkylation sites (tertiary alicyclic amines) is 1. The quantitative estimate of drug-likeness (QED) is 0.767. The fraction of sp³-hybridized carbons (Fsp3) is 0.556. The third-order valence-electron chi connectivity index (χ3n) is 6.59. The van der Waals surface area contributed by atoms with E-state index in [1.807, 2.05) is 6.92 Å². The van der Waals surface area contributed by atoms with Crippen molar-refractivity contribution < 1.29 is 14.9 Å². The lowest BCUT2D eigenvalue weighted by Crippen LogP contribution is -2.74. The maximum Gasteiger partial charge on any atom is 0.167 e. The van der Waals surface area contributed by atoms with Crippen molar-refractivity contribution in [2.45, 2.75) is 49.3 Å². The Hall–Kier alpha value is -1.52. The Morgan fingerprint density at radius 3 is 3.00 bits per heavy atom. The molecule has 4 atom stereocenters. The summed E-state index contributed by atoms with van der Waals surface area (Å²) in [6.07, 6.45) is 3.50. The lowest BCUT2D eigenvalue weighted by Gasteiger charge is -2.61. The van der Waals surface area contributed by atoms with Crippen molar-refractivity contribution >= 4 is 0 Å². The number of aryl methyl sites for hydroxylation is 1. The van der Waals surface area contributed by atoms with Crippen molar-refractivity contribution in [2.75, 3.05) is 13.6 Å². The average Bonchev–Trinajstić information content (AvgIpc) is 2.85. The minimum atomic E-state index is -0.858. The first-order valence-electron chi connectivity index (χ1n) is 8.10. The van der Waals surface area contributed by atoms with E-state index in [0.29, 0.717) is 6.42 Å². The maximum absolute atomic E-state index is 11.7. The van der Waals surface area contributed by atoms with E-state index in [4.69, 9.17) is 4.74 Å². The van der Waals surface area contributed by atoms with Gasteiger partial charge < -0.3 is 19.8 Å². The standard InChI is InChI=1S/C18H21NO3/c1-10-3-4-11-9-13-18(21)6-5-12(20)16-17(18,7-8-19(13)2)14(11)15(10)22-16/h3-5,13,16,20-21H,6-9H2,1-2H3/t13-,16+,17+,18-/m1/s1. The molecule has 2 N–H and O–H groups in total. The molecule has 1 saturated heterocycles. The van der Waals surface area contributed by atoms with Crippen LogP contribution in [0.1, 0.15) is 29.5 Å². The van der Waals surface area contributed by atoms with Crippen molar-refractivity contribution in [3.63, 3.8) is 0 Å². The number of hydrogen-bond acceptors (Lipinski definition) is 4. The molecule has 1 spiro atoms. The molecule has 0 aromatic heterocycles. The molecular formula is C18H21NO3. The predicted octanol–water partition coefficient (Wildman–Crippen LogP) is 1.83. The summed E-state index contributed by atoms with van der Waals surface area (Å²) < 4.78 is 6.23. The normalized spacial score (nSPS) is 41.7. The molecule has 116 valence electrons. The van der Waals surface area contributed by atoms with Crippen molar-refractivity contribution in [1.29, 1.82) is 0 Å². The molecule has 2 aliphatic carbocycles. The summed E-state index contributed by atoms with van der Waals surface area (Å²) in [4.78, 5) is 2.28. The highest BCUT2D eigenvalue weighted by atomic mass is 16.5. The van der Waals surface area contributed by atoms with Gasteiger partial charge in [-0.25, -0.2) is 0 Å². The molecule has 4 heteroatoms. The Morgan fingerprint density at radius 2 is 2.18 bits per heavy atom. The van der Waals surface area contributed by atoms with Crippen molar-refractivity contribution in [3.05, 3.63) is 40.7 Å². The second kappa shape index (κ2) is 3.69. The molecule has 1 aromatic rings. The number of likely N-dealkylation sites (N-methyl/N-ethyl adjacent to an activating group) is 1. The highest BCUT2D eigenvalue weighted by molar-refractivity contribution is 5.61. The second-order valence-electron chi connectivity index (χ2n) is 7.42. The van der Waals surface area contributed by atoms with Crippen LogP contribution in [0.4, 0.5) is 0 Å². The number of piperidine rings is 1. The fourth-order valence-electron chi connectivity index (χ4n) is 5.51. The van der Waals surface area contributed by atoms with Gasteiger partial charge in [-0.05, 0) is 50.6 Å². The van der Waals surface area contributed by atoms with Gasteiger partial charge in [0, 0.05) is 18.0 Å². The summed E-state index contributed by atoms with van der Waals surface area (Å²) in [5, 5.41) is 22.2. The maximum atomic E-state index is 11.7. The lowest BCUT2D eigenvalue weighted by molar-refractivity contribution is -0.163. The van der Waals surface area contributed by atoms with Crippen LogP contribution in [0.2, 0.25) is 0 Å². The van der Waals surface area contributed by atoms with Gasteiger partial charge in [0.15, 0.2) is 6.10 Å². The van der Waals surface area contributed by atoms with Gasteiger partial charge in [0.05, 0.1) is 11.0 Å². The van der Waals surface area contributed by atoms with Crippen LogP contribution in [0.15, 0.2) is 24.0 Å². The molecule has 0 radical (unpaired) electrons. The van der Waals surface area contributed by atoms with E-state index in [2.05, 4.69) is 24.1 Å². The van der Waals surface area contributed by atoms with Gasteiger partial charge in [-0.15, -0.1) is 0 Å². The molecule has 2 heterocycles.